The van der Waals surface area contributed by atoms with E-state index in [1.54, 1.807) is 28.8 Å². The number of fused-ring (bicyclic) bond motifs is 1. The lowest BCUT2D eigenvalue weighted by atomic mass is 9.96. The highest BCUT2D eigenvalue weighted by molar-refractivity contribution is 7.89. The number of nitrogens with zero attached hydrogens (tertiary/aromatic N) is 4. The minimum Gasteiger partial charge on any atom is -0.255 e. The highest BCUT2D eigenvalue weighted by Crippen LogP contribution is 2.31. The van der Waals surface area contributed by atoms with Crippen molar-refractivity contribution < 1.29 is 8.42 Å². The van der Waals surface area contributed by atoms with E-state index in [-0.39, 0.29) is 10.8 Å². The van der Waals surface area contributed by atoms with Gasteiger partial charge in [0.1, 0.15) is 11.2 Å². The van der Waals surface area contributed by atoms with Gasteiger partial charge in [0.05, 0.1) is 5.52 Å². The molecule has 1 fully saturated rings. The van der Waals surface area contributed by atoms with E-state index in [0.717, 1.165) is 23.9 Å². The zero-order valence-corrected chi connectivity index (χ0v) is 14.4. The summed E-state index contributed by atoms with van der Waals surface area (Å²) in [6, 6.07) is 10.8. The normalized spacial score (nSPS) is 19.1. The van der Waals surface area contributed by atoms with E-state index in [1.807, 2.05) is 24.3 Å². The third-order valence-corrected chi connectivity index (χ3v) is 6.52. The number of rotatable bonds is 3. The number of aromatic nitrogens is 3. The monoisotopic (exact) mass is 354 g/mol. The highest BCUT2D eigenvalue weighted by atomic mass is 32.2. The maximum Gasteiger partial charge on any atom is 0.245 e. The van der Waals surface area contributed by atoms with Crippen molar-refractivity contribution >= 4 is 20.9 Å². The van der Waals surface area contributed by atoms with Gasteiger partial charge in [0.25, 0.3) is 0 Å². The molecule has 0 unspecified atom stereocenters. The first-order valence-corrected chi connectivity index (χ1v) is 9.70. The SMILES string of the molecule is O=S(=O)(c1cccc2cccnc12)N1CCC[C@H](c2ccncn2)C1. The van der Waals surface area contributed by atoms with E-state index < -0.39 is 10.0 Å². The van der Waals surface area contributed by atoms with Crippen LogP contribution in [-0.4, -0.2) is 40.8 Å². The molecule has 0 bridgehead atoms. The van der Waals surface area contributed by atoms with Crippen LogP contribution in [0.25, 0.3) is 10.9 Å². The third kappa shape index (κ3) is 3.01. The Morgan fingerprint density at radius 3 is 2.76 bits per heavy atom. The lowest BCUT2D eigenvalue weighted by molar-refractivity contribution is 0.312. The smallest absolute Gasteiger partial charge is 0.245 e. The number of para-hydroxylation sites is 1. The van der Waals surface area contributed by atoms with Crippen LogP contribution in [0.5, 0.6) is 0 Å². The number of hydrogen-bond donors (Lipinski definition) is 0. The molecule has 0 amide bonds. The Morgan fingerprint density at radius 1 is 1.04 bits per heavy atom. The molecule has 0 saturated carbocycles. The molecule has 1 saturated heterocycles. The van der Waals surface area contributed by atoms with Gasteiger partial charge in [0, 0.05) is 42.5 Å². The van der Waals surface area contributed by atoms with Crippen molar-refractivity contribution in [3.8, 4) is 0 Å². The zero-order chi connectivity index (χ0) is 17.3. The van der Waals surface area contributed by atoms with E-state index in [4.69, 9.17) is 0 Å². The fourth-order valence-electron chi connectivity index (χ4n) is 3.37. The largest absolute Gasteiger partial charge is 0.255 e. The van der Waals surface area contributed by atoms with E-state index >= 15 is 0 Å². The zero-order valence-electron chi connectivity index (χ0n) is 13.6. The van der Waals surface area contributed by atoms with Gasteiger partial charge >= 0.3 is 0 Å². The van der Waals surface area contributed by atoms with E-state index in [0.29, 0.717) is 18.6 Å². The minimum atomic E-state index is -3.60. The molecule has 0 spiro atoms. The predicted octanol–water partition coefficient (Wildman–Crippen LogP) is 2.59. The second kappa shape index (κ2) is 6.50. The van der Waals surface area contributed by atoms with Crippen molar-refractivity contribution in [1.29, 1.82) is 0 Å². The summed E-state index contributed by atoms with van der Waals surface area (Å²) in [6.45, 7) is 0.954. The van der Waals surface area contributed by atoms with Crippen LogP contribution in [0.1, 0.15) is 24.5 Å². The van der Waals surface area contributed by atoms with E-state index in [1.165, 1.54) is 6.33 Å². The molecule has 1 aliphatic rings. The van der Waals surface area contributed by atoms with Crippen LogP contribution in [-0.2, 0) is 10.0 Å². The van der Waals surface area contributed by atoms with Crippen LogP contribution in [0.2, 0.25) is 0 Å². The Balaban J connectivity index is 1.70. The minimum absolute atomic E-state index is 0.0921. The van der Waals surface area contributed by atoms with Crippen LogP contribution in [0, 0.1) is 0 Å². The topological polar surface area (TPSA) is 76.1 Å². The van der Waals surface area contributed by atoms with Crippen molar-refractivity contribution in [2.45, 2.75) is 23.7 Å². The molecule has 1 aromatic carbocycles. The predicted molar refractivity (Wildman–Crippen MR) is 94.5 cm³/mol. The van der Waals surface area contributed by atoms with Crippen molar-refractivity contribution in [1.82, 2.24) is 19.3 Å². The highest BCUT2D eigenvalue weighted by Gasteiger charge is 2.32. The number of pyridine rings is 1. The molecule has 4 rings (SSSR count). The summed E-state index contributed by atoms with van der Waals surface area (Å²) in [7, 11) is -3.60. The van der Waals surface area contributed by atoms with E-state index in [9.17, 15) is 8.42 Å². The van der Waals surface area contributed by atoms with Gasteiger partial charge in [-0.2, -0.15) is 4.31 Å². The number of piperidine rings is 1. The fourth-order valence-corrected chi connectivity index (χ4v) is 5.06. The Hall–Kier alpha value is -2.38. The van der Waals surface area contributed by atoms with Gasteiger partial charge in [-0.05, 0) is 31.0 Å². The van der Waals surface area contributed by atoms with Crippen molar-refractivity contribution in [2.24, 2.45) is 0 Å². The number of benzene rings is 1. The molecule has 1 aliphatic heterocycles. The molecule has 3 aromatic rings. The van der Waals surface area contributed by atoms with Crippen LogP contribution >= 0.6 is 0 Å². The van der Waals surface area contributed by atoms with Gasteiger partial charge in [-0.25, -0.2) is 18.4 Å². The molecule has 0 aliphatic carbocycles. The van der Waals surface area contributed by atoms with Crippen LogP contribution < -0.4 is 0 Å². The molecular formula is C18H18N4O2S. The van der Waals surface area contributed by atoms with Gasteiger partial charge in [-0.15, -0.1) is 0 Å². The van der Waals surface area contributed by atoms with Crippen molar-refractivity contribution in [3.63, 3.8) is 0 Å². The average molecular weight is 354 g/mol. The summed E-state index contributed by atoms with van der Waals surface area (Å²) in [5, 5.41) is 0.827. The first-order chi connectivity index (χ1) is 12.2. The lowest BCUT2D eigenvalue weighted by Gasteiger charge is -2.31. The van der Waals surface area contributed by atoms with Gasteiger partial charge < -0.3 is 0 Å². The summed E-state index contributed by atoms with van der Waals surface area (Å²) >= 11 is 0. The third-order valence-electron chi connectivity index (χ3n) is 4.62. The Bertz CT molecular complexity index is 987. The van der Waals surface area contributed by atoms with Crippen LogP contribution in [0.3, 0.4) is 0 Å². The second-order valence-electron chi connectivity index (χ2n) is 6.17. The standard InChI is InChI=1S/C18H18N4O2S/c23-25(24,17-7-1-4-14-5-2-9-20-18(14)17)22-11-3-6-15(12-22)16-8-10-19-13-21-16/h1-2,4-5,7-10,13,15H,3,6,11-12H2/t15-/m0/s1. The molecule has 2 aromatic heterocycles. The van der Waals surface area contributed by atoms with E-state index in [2.05, 4.69) is 15.0 Å². The van der Waals surface area contributed by atoms with Gasteiger partial charge in [0.15, 0.2) is 0 Å². The second-order valence-corrected chi connectivity index (χ2v) is 8.07. The molecule has 3 heterocycles. The summed E-state index contributed by atoms with van der Waals surface area (Å²) in [6.07, 6.45) is 6.58. The first-order valence-electron chi connectivity index (χ1n) is 8.26. The maximum atomic E-state index is 13.2. The Morgan fingerprint density at radius 2 is 1.92 bits per heavy atom. The Kier molecular flexibility index (Phi) is 4.19. The van der Waals surface area contributed by atoms with Gasteiger partial charge in [0.2, 0.25) is 10.0 Å². The average Bonchev–Trinajstić information content (AvgIpc) is 2.68. The molecule has 6 nitrogen and oxygen atoms in total. The molecule has 0 N–H and O–H groups in total. The summed E-state index contributed by atoms with van der Waals surface area (Å²) in [5.74, 6) is 0.0921. The summed E-state index contributed by atoms with van der Waals surface area (Å²) < 4.78 is 28.0. The van der Waals surface area contributed by atoms with Crippen molar-refractivity contribution in [2.75, 3.05) is 13.1 Å². The molecule has 7 heteroatoms. The number of sulfonamides is 1. The van der Waals surface area contributed by atoms with Crippen LogP contribution in [0.4, 0.5) is 0 Å². The molecule has 1 atom stereocenters. The molecule has 25 heavy (non-hydrogen) atoms. The number of hydrogen-bond acceptors (Lipinski definition) is 5. The summed E-state index contributed by atoms with van der Waals surface area (Å²) in [4.78, 5) is 12.8. The lowest BCUT2D eigenvalue weighted by Crippen LogP contribution is -2.39. The summed E-state index contributed by atoms with van der Waals surface area (Å²) in [5.41, 5.74) is 1.42. The molecular weight excluding hydrogens is 336 g/mol. The van der Waals surface area contributed by atoms with Crippen LogP contribution in [0.15, 0.2) is 60.0 Å². The van der Waals surface area contributed by atoms with Gasteiger partial charge in [-0.1, -0.05) is 18.2 Å². The first kappa shape index (κ1) is 16.1. The fraction of sp³-hybridized carbons (Fsp3) is 0.278. The van der Waals surface area contributed by atoms with Gasteiger partial charge in [-0.3, -0.25) is 4.98 Å². The molecule has 128 valence electrons. The quantitative estimate of drug-likeness (QED) is 0.723. The molecule has 0 radical (unpaired) electrons. The maximum absolute atomic E-state index is 13.2. The Labute approximate surface area is 146 Å². The van der Waals surface area contributed by atoms with Crippen molar-refractivity contribution in [3.05, 3.63) is 60.8 Å².